The van der Waals surface area contributed by atoms with E-state index in [1.54, 1.807) is 0 Å². The Morgan fingerprint density at radius 1 is 0.814 bits per heavy atom. The smallest absolute Gasteiger partial charge is 0.333 e. The summed E-state index contributed by atoms with van der Waals surface area (Å²) in [5, 5.41) is 0. The van der Waals surface area contributed by atoms with Gasteiger partial charge in [0.2, 0.25) is 6.79 Å². The molecule has 220 valence electrons. The first kappa shape index (κ1) is 28.4. The molecule has 1 aliphatic carbocycles. The average molecular weight is 577 g/mol. The van der Waals surface area contributed by atoms with Gasteiger partial charge in [-0.3, -0.25) is 0 Å². The first-order valence-electron chi connectivity index (χ1n) is 14.6. The Labute approximate surface area is 252 Å². The number of nitrogens with zero attached hydrogens (tertiary/aromatic N) is 2. The Kier molecular flexibility index (Phi) is 8.34. The quantitative estimate of drug-likeness (QED) is 0.0786. The number of ether oxygens (including phenoxy) is 4. The predicted molar refractivity (Wildman–Crippen MR) is 170 cm³/mol. The Bertz CT molecular complexity index is 1550. The maximum Gasteiger partial charge on any atom is 0.333 e. The zero-order chi connectivity index (χ0) is 29.8. The third-order valence-corrected chi connectivity index (χ3v) is 8.12. The van der Waals surface area contributed by atoms with E-state index < -0.39 is 5.97 Å². The van der Waals surface area contributed by atoms with E-state index in [0.717, 1.165) is 58.5 Å². The van der Waals surface area contributed by atoms with Crippen molar-refractivity contribution in [2.24, 2.45) is 0 Å². The molecule has 1 aliphatic heterocycles. The lowest BCUT2D eigenvalue weighted by Crippen LogP contribution is -2.28. The molecule has 43 heavy (non-hydrogen) atoms. The van der Waals surface area contributed by atoms with Crippen molar-refractivity contribution in [1.82, 2.24) is 0 Å². The molecular formula is C36H36N2O5. The summed E-state index contributed by atoms with van der Waals surface area (Å²) in [7, 11) is 4.10. The van der Waals surface area contributed by atoms with E-state index in [4.69, 9.17) is 18.9 Å². The minimum atomic E-state index is -0.517. The highest BCUT2D eigenvalue weighted by molar-refractivity contribution is 5.81. The van der Waals surface area contributed by atoms with Crippen molar-refractivity contribution in [3.8, 4) is 22.6 Å². The summed E-state index contributed by atoms with van der Waals surface area (Å²) in [5.74, 6) is 0.991. The molecule has 0 aromatic heterocycles. The second kappa shape index (κ2) is 12.6. The molecular weight excluding hydrogens is 540 g/mol. The molecule has 3 atom stereocenters. The largest absolute Gasteiger partial charge is 0.488 e. The summed E-state index contributed by atoms with van der Waals surface area (Å²) < 4.78 is 22.4. The van der Waals surface area contributed by atoms with Crippen molar-refractivity contribution in [3.05, 3.63) is 110 Å². The minimum absolute atomic E-state index is 0.155. The Hall–Kier alpha value is -4.75. The van der Waals surface area contributed by atoms with Gasteiger partial charge in [-0.15, -0.1) is 0 Å². The molecule has 6 rings (SSSR count). The zero-order valence-electron chi connectivity index (χ0n) is 24.5. The first-order chi connectivity index (χ1) is 21.0. The van der Waals surface area contributed by atoms with Gasteiger partial charge in [0.15, 0.2) is 0 Å². The third-order valence-electron chi connectivity index (χ3n) is 8.12. The second-order valence-corrected chi connectivity index (χ2v) is 10.9. The van der Waals surface area contributed by atoms with Crippen LogP contribution in [0.4, 0.5) is 22.7 Å². The lowest BCUT2D eigenvalue weighted by Gasteiger charge is -2.23. The summed E-state index contributed by atoms with van der Waals surface area (Å²) in [6, 6.07) is 33.0. The fourth-order valence-electron chi connectivity index (χ4n) is 5.50. The van der Waals surface area contributed by atoms with Crippen molar-refractivity contribution in [3.63, 3.8) is 0 Å². The van der Waals surface area contributed by atoms with Gasteiger partial charge in [0.05, 0.1) is 6.10 Å². The number of carbonyl (C=O) groups excluding carboxylic acids is 1. The number of esters is 1. The molecule has 7 heteroatoms. The highest BCUT2D eigenvalue weighted by Gasteiger charge is 2.48. The summed E-state index contributed by atoms with van der Waals surface area (Å²) in [4.78, 5) is 15.4. The SMILES string of the molecule is C=CC(=O)OCOc1ccc(N(C)c2ccc(-c3ccc(N(C)c4cccc(OC5CCCC6OC56)c4)cc3)cc2)cc1. The van der Waals surface area contributed by atoms with E-state index in [1.165, 1.54) is 6.42 Å². The molecule has 2 fully saturated rings. The van der Waals surface area contributed by atoms with Crippen LogP contribution >= 0.6 is 0 Å². The molecule has 0 bridgehead atoms. The monoisotopic (exact) mass is 576 g/mol. The van der Waals surface area contributed by atoms with Crippen LogP contribution in [0.3, 0.4) is 0 Å². The van der Waals surface area contributed by atoms with E-state index in [1.807, 2.05) is 43.4 Å². The molecule has 2 aliphatic rings. The summed E-state index contributed by atoms with van der Waals surface area (Å²) in [6.07, 6.45) is 5.32. The fraction of sp³-hybridized carbons (Fsp3) is 0.250. The number of fused-ring (bicyclic) bond motifs is 1. The number of hydrogen-bond acceptors (Lipinski definition) is 7. The maximum atomic E-state index is 11.1. The Morgan fingerprint density at radius 2 is 1.42 bits per heavy atom. The van der Waals surface area contributed by atoms with Crippen molar-refractivity contribution < 1.29 is 23.7 Å². The number of carbonyl (C=O) groups is 1. The van der Waals surface area contributed by atoms with Crippen LogP contribution in [0.25, 0.3) is 11.1 Å². The minimum Gasteiger partial charge on any atom is -0.488 e. The molecule has 0 spiro atoms. The van der Waals surface area contributed by atoms with Gasteiger partial charge >= 0.3 is 5.97 Å². The van der Waals surface area contributed by atoms with Crippen molar-refractivity contribution in [1.29, 1.82) is 0 Å². The van der Waals surface area contributed by atoms with Crippen LogP contribution in [0, 0.1) is 0 Å². The number of rotatable bonds is 11. The third kappa shape index (κ3) is 6.68. The maximum absolute atomic E-state index is 11.1. The number of epoxide rings is 1. The van der Waals surface area contributed by atoms with E-state index in [-0.39, 0.29) is 19.0 Å². The van der Waals surface area contributed by atoms with Gasteiger partial charge in [-0.05, 0) is 91.1 Å². The highest BCUT2D eigenvalue weighted by atomic mass is 16.7. The zero-order valence-corrected chi connectivity index (χ0v) is 24.5. The molecule has 3 unspecified atom stereocenters. The standard InChI is InChI=1S/C36H36N2O5/c1-4-35(39)41-24-40-31-21-19-29(20-22-31)37(2)27-15-11-25(12-16-27)26-13-17-28(18-14-26)38(3)30-7-5-8-32(23-30)42-33-9-6-10-34-36(33)43-34/h4-5,7-8,11-23,33-34,36H,1,6,9-10,24H2,2-3H3. The van der Waals surface area contributed by atoms with E-state index in [9.17, 15) is 4.79 Å². The lowest BCUT2D eigenvalue weighted by atomic mass is 9.98. The molecule has 0 amide bonds. The predicted octanol–water partition coefficient (Wildman–Crippen LogP) is 7.65. The van der Waals surface area contributed by atoms with Gasteiger partial charge in [0.25, 0.3) is 0 Å². The van der Waals surface area contributed by atoms with Crippen molar-refractivity contribution >= 4 is 28.7 Å². The molecule has 1 heterocycles. The van der Waals surface area contributed by atoms with Gasteiger partial charge in [0.1, 0.15) is 23.7 Å². The van der Waals surface area contributed by atoms with Crippen molar-refractivity contribution in [2.45, 2.75) is 37.6 Å². The molecule has 4 aromatic carbocycles. The summed E-state index contributed by atoms with van der Waals surface area (Å²) >= 11 is 0. The number of benzene rings is 4. The van der Waals surface area contributed by atoms with Crippen LogP contribution in [0.2, 0.25) is 0 Å². The van der Waals surface area contributed by atoms with Crippen LogP contribution in [-0.4, -0.2) is 45.2 Å². The lowest BCUT2D eigenvalue weighted by molar-refractivity contribution is -0.144. The van der Waals surface area contributed by atoms with Crippen LogP contribution in [0.1, 0.15) is 19.3 Å². The van der Waals surface area contributed by atoms with Gasteiger partial charge in [-0.25, -0.2) is 4.79 Å². The Balaban J connectivity index is 1.06. The highest BCUT2D eigenvalue weighted by Crippen LogP contribution is 2.39. The molecule has 0 radical (unpaired) electrons. The van der Waals surface area contributed by atoms with Crippen LogP contribution in [0.15, 0.2) is 110 Å². The van der Waals surface area contributed by atoms with Gasteiger partial charge in [-0.1, -0.05) is 36.9 Å². The molecule has 7 nitrogen and oxygen atoms in total. The first-order valence-corrected chi connectivity index (χ1v) is 14.6. The molecule has 1 saturated carbocycles. The van der Waals surface area contributed by atoms with Crippen LogP contribution < -0.4 is 19.3 Å². The average Bonchev–Trinajstić information content (AvgIpc) is 3.86. The molecule has 4 aromatic rings. The normalized spacial score (nSPS) is 18.6. The molecule has 1 saturated heterocycles. The number of anilines is 4. The summed E-state index contributed by atoms with van der Waals surface area (Å²) in [6.45, 7) is 3.21. The van der Waals surface area contributed by atoms with Gasteiger partial charge < -0.3 is 28.7 Å². The van der Waals surface area contributed by atoms with E-state index in [0.29, 0.717) is 11.9 Å². The van der Waals surface area contributed by atoms with E-state index >= 15 is 0 Å². The van der Waals surface area contributed by atoms with Crippen LogP contribution in [0.5, 0.6) is 11.5 Å². The van der Waals surface area contributed by atoms with Crippen LogP contribution in [-0.2, 0) is 14.3 Å². The molecule has 0 N–H and O–H groups in total. The van der Waals surface area contributed by atoms with E-state index in [2.05, 4.69) is 84.1 Å². The second-order valence-electron chi connectivity index (χ2n) is 10.9. The van der Waals surface area contributed by atoms with Crippen molar-refractivity contribution in [2.75, 3.05) is 30.7 Å². The number of hydrogen-bond donors (Lipinski definition) is 0. The summed E-state index contributed by atoms with van der Waals surface area (Å²) in [5.41, 5.74) is 6.55. The van der Waals surface area contributed by atoms with Gasteiger partial charge in [0, 0.05) is 49.0 Å². The fourth-order valence-corrected chi connectivity index (χ4v) is 5.50. The topological polar surface area (TPSA) is 63.8 Å². The Morgan fingerprint density at radius 3 is 2.05 bits per heavy atom. The van der Waals surface area contributed by atoms with Gasteiger partial charge in [-0.2, -0.15) is 0 Å².